The Bertz CT molecular complexity index is 790. The fraction of sp³-hybridized carbons (Fsp3) is 0.474. The molecule has 2 aliphatic rings. The molecule has 2 fully saturated rings. The third kappa shape index (κ3) is 4.57. The van der Waals surface area contributed by atoms with E-state index >= 15 is 0 Å². The van der Waals surface area contributed by atoms with Crippen molar-refractivity contribution in [2.24, 2.45) is 5.41 Å². The summed E-state index contributed by atoms with van der Waals surface area (Å²) < 4.78 is 5.35. The second-order valence-electron chi connectivity index (χ2n) is 7.30. The fourth-order valence-corrected chi connectivity index (χ4v) is 4.17. The lowest BCUT2D eigenvalue weighted by Crippen LogP contribution is -2.50. The molecule has 0 aliphatic carbocycles. The van der Waals surface area contributed by atoms with Crippen LogP contribution in [-0.4, -0.2) is 42.3 Å². The van der Waals surface area contributed by atoms with E-state index in [1.807, 2.05) is 35.2 Å². The van der Waals surface area contributed by atoms with Crippen molar-refractivity contribution in [2.75, 3.05) is 26.2 Å². The Morgan fingerprint density at radius 1 is 1.37 bits per heavy atom. The minimum absolute atomic E-state index is 0. The number of benzene rings is 1. The molecular formula is C19H24Cl2N4O2. The van der Waals surface area contributed by atoms with Crippen molar-refractivity contribution in [1.82, 2.24) is 20.7 Å². The first-order valence-corrected chi connectivity index (χ1v) is 9.46. The summed E-state index contributed by atoms with van der Waals surface area (Å²) in [4.78, 5) is 14.5. The zero-order valence-electron chi connectivity index (χ0n) is 15.0. The summed E-state index contributed by atoms with van der Waals surface area (Å²) in [6, 6.07) is 9.26. The number of piperidine rings is 1. The largest absolute Gasteiger partial charge is 0.359 e. The summed E-state index contributed by atoms with van der Waals surface area (Å²) in [5.74, 6) is 0.627. The van der Waals surface area contributed by atoms with E-state index in [2.05, 4.69) is 15.8 Å². The Kier molecular flexibility index (Phi) is 6.29. The molecule has 1 spiro atoms. The van der Waals surface area contributed by atoms with Crippen molar-refractivity contribution in [2.45, 2.75) is 25.8 Å². The van der Waals surface area contributed by atoms with Crippen LogP contribution in [0.5, 0.6) is 0 Å². The molecule has 8 heteroatoms. The summed E-state index contributed by atoms with van der Waals surface area (Å²) in [6.07, 6.45) is 3.42. The first-order chi connectivity index (χ1) is 12.6. The molecule has 0 saturated carbocycles. The van der Waals surface area contributed by atoms with Gasteiger partial charge in [-0.2, -0.15) is 0 Å². The number of likely N-dealkylation sites (tertiary alicyclic amines) is 1. The van der Waals surface area contributed by atoms with Gasteiger partial charge in [-0.05, 0) is 37.9 Å². The number of amides is 2. The number of nitrogens with zero attached hydrogens (tertiary/aromatic N) is 2. The van der Waals surface area contributed by atoms with Crippen LogP contribution < -0.4 is 10.6 Å². The van der Waals surface area contributed by atoms with Gasteiger partial charge in [0.25, 0.3) is 0 Å². The van der Waals surface area contributed by atoms with Gasteiger partial charge in [-0.25, -0.2) is 4.79 Å². The lowest BCUT2D eigenvalue weighted by Gasteiger charge is -2.39. The van der Waals surface area contributed by atoms with Crippen LogP contribution >= 0.6 is 24.0 Å². The zero-order chi connectivity index (χ0) is 18.0. The molecule has 0 radical (unpaired) electrons. The number of nitrogens with one attached hydrogen (secondary N) is 2. The maximum atomic E-state index is 12.5. The predicted octanol–water partition coefficient (Wildman–Crippen LogP) is 3.70. The number of aromatic nitrogens is 1. The van der Waals surface area contributed by atoms with Crippen molar-refractivity contribution in [1.29, 1.82) is 0 Å². The number of hydrogen-bond acceptors (Lipinski definition) is 4. The molecule has 1 aromatic carbocycles. The number of hydrogen-bond donors (Lipinski definition) is 2. The van der Waals surface area contributed by atoms with Crippen molar-refractivity contribution in [3.63, 3.8) is 0 Å². The second kappa shape index (κ2) is 8.50. The molecule has 2 aromatic rings. The van der Waals surface area contributed by atoms with Gasteiger partial charge in [-0.1, -0.05) is 28.9 Å². The molecule has 3 heterocycles. The lowest BCUT2D eigenvalue weighted by atomic mass is 9.79. The average molecular weight is 411 g/mol. The Hall–Kier alpha value is -1.76. The van der Waals surface area contributed by atoms with Crippen LogP contribution in [0.2, 0.25) is 5.02 Å². The molecule has 146 valence electrons. The van der Waals surface area contributed by atoms with Gasteiger partial charge in [-0.3, -0.25) is 0 Å². The lowest BCUT2D eigenvalue weighted by molar-refractivity contribution is 0.117. The van der Waals surface area contributed by atoms with Crippen LogP contribution in [0.1, 0.15) is 25.0 Å². The summed E-state index contributed by atoms with van der Waals surface area (Å²) in [5, 5.41) is 11.1. The van der Waals surface area contributed by atoms with Gasteiger partial charge in [0, 0.05) is 41.7 Å². The number of halogens is 2. The number of carbonyl (C=O) groups excluding carboxylic acids is 1. The van der Waals surface area contributed by atoms with Gasteiger partial charge >= 0.3 is 6.03 Å². The Labute approximate surface area is 170 Å². The molecule has 2 saturated heterocycles. The molecule has 2 N–H and O–H groups in total. The summed E-state index contributed by atoms with van der Waals surface area (Å²) in [5.41, 5.74) is 1.87. The van der Waals surface area contributed by atoms with Gasteiger partial charge in [0.05, 0.1) is 6.54 Å². The molecule has 1 unspecified atom stereocenters. The first kappa shape index (κ1) is 20.0. The average Bonchev–Trinajstić information content (AvgIpc) is 3.30. The van der Waals surface area contributed by atoms with E-state index in [4.69, 9.17) is 16.1 Å². The van der Waals surface area contributed by atoms with E-state index in [0.717, 1.165) is 44.6 Å². The predicted molar refractivity (Wildman–Crippen MR) is 107 cm³/mol. The van der Waals surface area contributed by atoms with E-state index in [1.165, 1.54) is 6.42 Å². The van der Waals surface area contributed by atoms with Gasteiger partial charge in [0.2, 0.25) is 0 Å². The van der Waals surface area contributed by atoms with Crippen LogP contribution in [0.15, 0.2) is 34.9 Å². The van der Waals surface area contributed by atoms with Gasteiger partial charge in [0.15, 0.2) is 5.76 Å². The normalized spacial score (nSPS) is 21.9. The zero-order valence-corrected chi connectivity index (χ0v) is 16.6. The van der Waals surface area contributed by atoms with Crippen molar-refractivity contribution in [3.05, 3.63) is 41.1 Å². The van der Waals surface area contributed by atoms with Crippen LogP contribution in [0.4, 0.5) is 4.79 Å². The van der Waals surface area contributed by atoms with Crippen LogP contribution in [0.3, 0.4) is 0 Å². The number of urea groups is 1. The fourth-order valence-electron chi connectivity index (χ4n) is 3.98. The molecular weight excluding hydrogens is 387 g/mol. The van der Waals surface area contributed by atoms with E-state index in [-0.39, 0.29) is 23.9 Å². The third-order valence-corrected chi connectivity index (χ3v) is 5.61. The van der Waals surface area contributed by atoms with Gasteiger partial charge < -0.3 is 20.1 Å². The standard InChI is InChI=1S/C19H23ClN4O2.ClH/c20-15-4-1-3-14(9-15)17-10-16(26-23-17)11-22-18(25)24-8-2-5-19(13-24)6-7-21-12-19;/h1,3-4,9-10,21H,2,5-8,11-13H2,(H,22,25);1H. The molecule has 27 heavy (non-hydrogen) atoms. The highest BCUT2D eigenvalue weighted by molar-refractivity contribution is 6.30. The smallest absolute Gasteiger partial charge is 0.317 e. The van der Waals surface area contributed by atoms with Crippen molar-refractivity contribution < 1.29 is 9.32 Å². The van der Waals surface area contributed by atoms with Crippen LogP contribution in [-0.2, 0) is 6.54 Å². The second-order valence-corrected chi connectivity index (χ2v) is 7.74. The number of rotatable bonds is 3. The minimum atomic E-state index is -0.0309. The molecule has 1 aromatic heterocycles. The van der Waals surface area contributed by atoms with Gasteiger partial charge in [-0.15, -0.1) is 12.4 Å². The maximum absolute atomic E-state index is 12.5. The minimum Gasteiger partial charge on any atom is -0.359 e. The van der Waals surface area contributed by atoms with E-state index in [0.29, 0.717) is 23.0 Å². The van der Waals surface area contributed by atoms with Gasteiger partial charge in [0.1, 0.15) is 5.69 Å². The molecule has 1 atom stereocenters. The highest BCUT2D eigenvalue weighted by atomic mass is 35.5. The third-order valence-electron chi connectivity index (χ3n) is 5.37. The Morgan fingerprint density at radius 2 is 2.26 bits per heavy atom. The van der Waals surface area contributed by atoms with Crippen LogP contribution in [0, 0.1) is 5.41 Å². The van der Waals surface area contributed by atoms with Crippen LogP contribution in [0.25, 0.3) is 11.3 Å². The molecule has 0 bridgehead atoms. The maximum Gasteiger partial charge on any atom is 0.317 e. The van der Waals surface area contributed by atoms with E-state index in [9.17, 15) is 4.79 Å². The highest BCUT2D eigenvalue weighted by Gasteiger charge is 2.39. The summed E-state index contributed by atoms with van der Waals surface area (Å²) >= 11 is 6.02. The SMILES string of the molecule is Cl.O=C(NCc1cc(-c2cccc(Cl)c2)no1)N1CCCC2(CCNC2)C1. The first-order valence-electron chi connectivity index (χ1n) is 9.09. The molecule has 2 amide bonds. The topological polar surface area (TPSA) is 70.4 Å². The summed E-state index contributed by atoms with van der Waals surface area (Å²) in [6.45, 7) is 4.05. The monoisotopic (exact) mass is 410 g/mol. The van der Waals surface area contributed by atoms with E-state index < -0.39 is 0 Å². The molecule has 4 rings (SSSR count). The van der Waals surface area contributed by atoms with Crippen molar-refractivity contribution >= 4 is 30.0 Å². The highest BCUT2D eigenvalue weighted by Crippen LogP contribution is 2.35. The number of carbonyl (C=O) groups is 1. The van der Waals surface area contributed by atoms with Crippen molar-refractivity contribution in [3.8, 4) is 11.3 Å². The summed E-state index contributed by atoms with van der Waals surface area (Å²) in [7, 11) is 0. The Balaban J connectivity index is 0.00000210. The Morgan fingerprint density at radius 3 is 3.04 bits per heavy atom. The van der Waals surface area contributed by atoms with E-state index in [1.54, 1.807) is 0 Å². The molecule has 6 nitrogen and oxygen atoms in total. The quantitative estimate of drug-likeness (QED) is 0.808. The molecule has 2 aliphatic heterocycles.